The maximum Gasteiger partial charge on any atom is 0.329 e. The number of fused-ring (bicyclic) bond motifs is 2. The topological polar surface area (TPSA) is 158 Å². The quantitative estimate of drug-likeness (QED) is 0.225. The molecule has 15 nitrogen and oxygen atoms in total. The highest BCUT2D eigenvalue weighted by molar-refractivity contribution is 6.09. The number of pyridine rings is 2. The monoisotopic (exact) mass is 765 g/mol. The number of ether oxygens (including phenoxy) is 2. The standard InChI is InChI=1S/C40H44FN9O6/c1-46-22-29(26-6-10-42-21-28(26)39(46)53)25-19-32(55-2)30(33(20-25)56-3)23-47-14-16-49(17-15-47)35(52)18-24-7-11-48(12-8-24)31-5-4-27-37(36(31)41)44-45-38(27)50-13-9-34(51)43-40(50)54/h4-6,10,19-22,24H,7-9,11-18,23H2,1-3H3,(H,44,45)(H,43,51,54). The number of piperazine rings is 1. The lowest BCUT2D eigenvalue weighted by molar-refractivity contribution is -0.134. The molecule has 0 atom stereocenters. The van der Waals surface area contributed by atoms with Crippen LogP contribution >= 0.6 is 0 Å². The second-order valence-electron chi connectivity index (χ2n) is 14.7. The van der Waals surface area contributed by atoms with Crippen LogP contribution in [0.5, 0.6) is 11.5 Å². The van der Waals surface area contributed by atoms with Gasteiger partial charge in [-0.25, -0.2) is 9.18 Å². The molecule has 3 aliphatic rings. The fourth-order valence-corrected chi connectivity index (χ4v) is 8.22. The predicted octanol–water partition coefficient (Wildman–Crippen LogP) is 4.03. The Morgan fingerprint density at radius 2 is 1.66 bits per heavy atom. The number of carbonyl (C=O) groups excluding carboxylic acids is 3. The maximum atomic E-state index is 15.8. The van der Waals surface area contributed by atoms with Gasteiger partial charge in [-0.2, -0.15) is 5.10 Å². The van der Waals surface area contributed by atoms with Crippen molar-refractivity contribution in [2.24, 2.45) is 13.0 Å². The first kappa shape index (κ1) is 36.9. The highest BCUT2D eigenvalue weighted by Crippen LogP contribution is 2.38. The van der Waals surface area contributed by atoms with Gasteiger partial charge >= 0.3 is 6.03 Å². The highest BCUT2D eigenvalue weighted by atomic mass is 19.1. The number of aromatic nitrogens is 4. The Morgan fingerprint density at radius 1 is 0.929 bits per heavy atom. The number of halogens is 1. The first-order valence-electron chi connectivity index (χ1n) is 18.8. The number of H-pyrrole nitrogens is 1. The molecule has 4 amide bonds. The van der Waals surface area contributed by atoms with Crippen molar-refractivity contribution in [1.82, 2.24) is 34.9 Å². The van der Waals surface area contributed by atoms with Crippen molar-refractivity contribution in [2.75, 3.05) is 69.8 Å². The fraction of sp³-hybridized carbons (Fsp3) is 0.400. The molecule has 2 N–H and O–H groups in total. The van der Waals surface area contributed by atoms with Crippen molar-refractivity contribution >= 4 is 51.0 Å². The van der Waals surface area contributed by atoms with Crippen LogP contribution in [0.1, 0.15) is 31.2 Å². The molecule has 16 heteroatoms. The zero-order chi connectivity index (χ0) is 39.1. The summed E-state index contributed by atoms with van der Waals surface area (Å²) in [5.74, 6) is 1.20. The minimum absolute atomic E-state index is 0.115. The number of rotatable bonds is 9. The Bertz CT molecular complexity index is 2370. The number of piperidine rings is 1. The smallest absolute Gasteiger partial charge is 0.329 e. The van der Waals surface area contributed by atoms with E-state index in [1.165, 1.54) is 4.90 Å². The minimum atomic E-state index is -0.575. The number of hydrogen-bond donors (Lipinski definition) is 2. The summed E-state index contributed by atoms with van der Waals surface area (Å²) in [4.78, 5) is 61.9. The van der Waals surface area contributed by atoms with E-state index in [9.17, 15) is 19.2 Å². The normalized spacial score (nSPS) is 17.2. The molecule has 5 aromatic rings. The fourth-order valence-electron chi connectivity index (χ4n) is 8.22. The average molecular weight is 766 g/mol. The number of amides is 4. The first-order chi connectivity index (χ1) is 27.1. The summed E-state index contributed by atoms with van der Waals surface area (Å²) in [7, 11) is 5.00. The van der Waals surface area contributed by atoms with Crippen molar-refractivity contribution in [3.05, 3.63) is 70.7 Å². The van der Waals surface area contributed by atoms with Gasteiger partial charge in [0.15, 0.2) is 11.6 Å². The van der Waals surface area contributed by atoms with Crippen LogP contribution in [0, 0.1) is 11.7 Å². The zero-order valence-electron chi connectivity index (χ0n) is 31.6. The number of nitrogens with one attached hydrogen (secondary N) is 2. The van der Waals surface area contributed by atoms with E-state index in [1.54, 1.807) is 50.4 Å². The molecule has 3 fully saturated rings. The Morgan fingerprint density at radius 3 is 2.36 bits per heavy atom. The van der Waals surface area contributed by atoms with E-state index in [4.69, 9.17) is 9.47 Å². The van der Waals surface area contributed by atoms with Crippen molar-refractivity contribution in [3.63, 3.8) is 0 Å². The third-order valence-corrected chi connectivity index (χ3v) is 11.4. The first-order valence-corrected chi connectivity index (χ1v) is 18.8. The Hall–Kier alpha value is -6.03. The van der Waals surface area contributed by atoms with E-state index >= 15 is 4.39 Å². The molecule has 3 aromatic heterocycles. The molecule has 3 saturated heterocycles. The molecule has 0 radical (unpaired) electrons. The summed E-state index contributed by atoms with van der Waals surface area (Å²) in [6.45, 7) is 4.63. The average Bonchev–Trinajstić information content (AvgIpc) is 3.65. The molecule has 56 heavy (non-hydrogen) atoms. The summed E-state index contributed by atoms with van der Waals surface area (Å²) in [5.41, 5.74) is 3.19. The second kappa shape index (κ2) is 15.2. The van der Waals surface area contributed by atoms with Gasteiger partial charge in [0.2, 0.25) is 11.8 Å². The maximum absolute atomic E-state index is 15.8. The summed E-state index contributed by atoms with van der Waals surface area (Å²) in [6, 6.07) is 8.68. The molecule has 0 saturated carbocycles. The summed E-state index contributed by atoms with van der Waals surface area (Å²) in [6.07, 6.45) is 7.22. The van der Waals surface area contributed by atoms with Gasteiger partial charge < -0.3 is 23.8 Å². The Labute approximate surface area is 321 Å². The predicted molar refractivity (Wildman–Crippen MR) is 208 cm³/mol. The Kier molecular flexibility index (Phi) is 10.1. The number of hydrogen-bond acceptors (Lipinski definition) is 10. The van der Waals surface area contributed by atoms with Gasteiger partial charge in [-0.1, -0.05) is 0 Å². The summed E-state index contributed by atoms with van der Waals surface area (Å²) in [5, 5.41) is 11.0. The van der Waals surface area contributed by atoms with Gasteiger partial charge in [0.05, 0.1) is 30.9 Å². The number of nitrogens with zero attached hydrogens (tertiary/aromatic N) is 7. The Balaban J connectivity index is 0.865. The number of carbonyl (C=O) groups is 3. The van der Waals surface area contributed by atoms with E-state index < -0.39 is 11.8 Å². The van der Waals surface area contributed by atoms with Gasteiger partial charge in [0.25, 0.3) is 5.56 Å². The minimum Gasteiger partial charge on any atom is -0.496 e. The SMILES string of the molecule is COc1cc(-c2cn(C)c(=O)c3cnccc23)cc(OC)c1CN1CCN(C(=O)CC2CCN(c3ccc4c(N5CCC(=O)NC5=O)n[nH]c4c3F)CC2)CC1. The van der Waals surface area contributed by atoms with E-state index in [2.05, 4.69) is 25.4 Å². The zero-order valence-corrected chi connectivity index (χ0v) is 31.6. The van der Waals surface area contributed by atoms with Gasteiger partial charge in [-0.3, -0.25) is 39.6 Å². The number of anilines is 2. The lowest BCUT2D eigenvalue weighted by Gasteiger charge is -2.37. The molecule has 8 rings (SSSR count). The van der Waals surface area contributed by atoms with Crippen LogP contribution in [-0.2, 0) is 23.2 Å². The number of benzene rings is 2. The summed E-state index contributed by atoms with van der Waals surface area (Å²) < 4.78 is 29.1. The molecule has 0 unspecified atom stereocenters. The molecular weight excluding hydrogens is 721 g/mol. The molecular formula is C40H44FN9O6. The summed E-state index contributed by atoms with van der Waals surface area (Å²) >= 11 is 0. The van der Waals surface area contributed by atoms with Crippen LogP contribution in [0.15, 0.2) is 53.7 Å². The number of aromatic amines is 1. The number of imide groups is 1. The molecule has 0 spiro atoms. The largest absolute Gasteiger partial charge is 0.496 e. The van der Waals surface area contributed by atoms with Crippen molar-refractivity contribution in [3.8, 4) is 22.6 Å². The lowest BCUT2D eigenvalue weighted by atomic mass is 9.92. The van der Waals surface area contributed by atoms with Crippen molar-refractivity contribution in [1.29, 1.82) is 0 Å². The van der Waals surface area contributed by atoms with Crippen LogP contribution in [-0.4, -0.2) is 107 Å². The van der Waals surface area contributed by atoms with Gasteiger partial charge in [0, 0.05) is 102 Å². The second-order valence-corrected chi connectivity index (χ2v) is 14.7. The highest BCUT2D eigenvalue weighted by Gasteiger charge is 2.31. The molecule has 0 aliphatic carbocycles. The van der Waals surface area contributed by atoms with Gasteiger partial charge in [0.1, 0.15) is 17.0 Å². The number of urea groups is 1. The van der Waals surface area contributed by atoms with Crippen molar-refractivity contribution in [2.45, 2.75) is 32.2 Å². The van der Waals surface area contributed by atoms with Crippen LogP contribution in [0.3, 0.4) is 0 Å². The van der Waals surface area contributed by atoms with Crippen LogP contribution < -0.4 is 30.1 Å². The van der Waals surface area contributed by atoms with E-state index in [0.29, 0.717) is 80.2 Å². The van der Waals surface area contributed by atoms with Crippen molar-refractivity contribution < 1.29 is 28.2 Å². The van der Waals surface area contributed by atoms with E-state index in [0.717, 1.165) is 34.9 Å². The van der Waals surface area contributed by atoms with Gasteiger partial charge in [-0.05, 0) is 60.0 Å². The van der Waals surface area contributed by atoms with Crippen LogP contribution in [0.4, 0.5) is 20.7 Å². The molecule has 2 aromatic carbocycles. The molecule has 0 bridgehead atoms. The van der Waals surface area contributed by atoms with E-state index in [-0.39, 0.29) is 47.6 Å². The number of aryl methyl sites for hydroxylation is 1. The third kappa shape index (κ3) is 6.89. The molecule has 292 valence electrons. The molecule has 3 aliphatic heterocycles. The van der Waals surface area contributed by atoms with E-state index in [1.807, 2.05) is 34.2 Å². The van der Waals surface area contributed by atoms with Crippen LogP contribution in [0.25, 0.3) is 32.8 Å². The lowest BCUT2D eigenvalue weighted by Crippen LogP contribution is -2.49. The third-order valence-electron chi connectivity index (χ3n) is 11.4. The number of methoxy groups -OCH3 is 2. The molecule has 6 heterocycles. The van der Waals surface area contributed by atoms with Crippen LogP contribution in [0.2, 0.25) is 0 Å². The van der Waals surface area contributed by atoms with Gasteiger partial charge in [-0.15, -0.1) is 0 Å².